The van der Waals surface area contributed by atoms with Crippen molar-refractivity contribution >= 4 is 12.4 Å². The SMILES string of the molecule is CN(C)C1CC(CN2CCOC(C)(C(=O)OCc3ccccc3)C2N)CCN1C=O. The number of morpholine rings is 1. The van der Waals surface area contributed by atoms with Gasteiger partial charge in [0, 0.05) is 19.6 Å². The maximum Gasteiger partial charge on any atom is 0.341 e. The van der Waals surface area contributed by atoms with Crippen LogP contribution in [-0.2, 0) is 25.7 Å². The zero-order chi connectivity index (χ0) is 21.7. The zero-order valence-corrected chi connectivity index (χ0v) is 18.2. The highest BCUT2D eigenvalue weighted by molar-refractivity contribution is 5.80. The van der Waals surface area contributed by atoms with Gasteiger partial charge in [0.15, 0.2) is 5.60 Å². The summed E-state index contributed by atoms with van der Waals surface area (Å²) in [5.74, 6) is -0.0483. The van der Waals surface area contributed by atoms with Gasteiger partial charge in [-0.05, 0) is 45.3 Å². The Bertz CT molecular complexity index is 716. The third-order valence-electron chi connectivity index (χ3n) is 6.30. The van der Waals surface area contributed by atoms with Crippen LogP contribution >= 0.6 is 0 Å². The molecular formula is C22H34N4O4. The molecule has 0 spiro atoms. The first-order chi connectivity index (χ1) is 14.3. The Morgan fingerprint density at radius 2 is 2.07 bits per heavy atom. The van der Waals surface area contributed by atoms with Crippen molar-refractivity contribution in [3.05, 3.63) is 35.9 Å². The van der Waals surface area contributed by atoms with Gasteiger partial charge in [-0.1, -0.05) is 30.3 Å². The molecule has 0 saturated carbocycles. The van der Waals surface area contributed by atoms with Gasteiger partial charge in [-0.2, -0.15) is 0 Å². The molecule has 0 radical (unpaired) electrons. The fourth-order valence-corrected chi connectivity index (χ4v) is 4.36. The minimum Gasteiger partial charge on any atom is -0.459 e. The largest absolute Gasteiger partial charge is 0.459 e. The van der Waals surface area contributed by atoms with Crippen molar-refractivity contribution in [3.8, 4) is 0 Å². The van der Waals surface area contributed by atoms with Crippen molar-refractivity contribution in [2.45, 2.75) is 44.3 Å². The van der Waals surface area contributed by atoms with Crippen molar-refractivity contribution in [2.24, 2.45) is 11.7 Å². The number of carbonyl (C=O) groups is 2. The van der Waals surface area contributed by atoms with Crippen LogP contribution in [0.2, 0.25) is 0 Å². The lowest BCUT2D eigenvalue weighted by molar-refractivity contribution is -0.194. The van der Waals surface area contributed by atoms with Crippen molar-refractivity contribution in [3.63, 3.8) is 0 Å². The first kappa shape index (κ1) is 22.7. The van der Waals surface area contributed by atoms with E-state index >= 15 is 0 Å². The van der Waals surface area contributed by atoms with Gasteiger partial charge in [0.2, 0.25) is 6.41 Å². The quantitative estimate of drug-likeness (QED) is 0.519. The maximum absolute atomic E-state index is 12.9. The highest BCUT2D eigenvalue weighted by Crippen LogP contribution is 2.29. The van der Waals surface area contributed by atoms with Gasteiger partial charge in [-0.15, -0.1) is 0 Å². The number of nitrogens with zero attached hydrogens (tertiary/aromatic N) is 3. The Morgan fingerprint density at radius 1 is 1.33 bits per heavy atom. The molecule has 4 unspecified atom stereocenters. The van der Waals surface area contributed by atoms with Gasteiger partial charge in [0.1, 0.15) is 6.61 Å². The number of likely N-dealkylation sites (tertiary alicyclic amines) is 1. The van der Waals surface area contributed by atoms with Crippen LogP contribution in [0.4, 0.5) is 0 Å². The summed E-state index contributed by atoms with van der Waals surface area (Å²) in [5.41, 5.74) is 6.23. The van der Waals surface area contributed by atoms with Gasteiger partial charge >= 0.3 is 5.97 Å². The first-order valence-corrected chi connectivity index (χ1v) is 10.6. The number of esters is 1. The molecule has 2 N–H and O–H groups in total. The number of amides is 1. The van der Waals surface area contributed by atoms with Gasteiger partial charge in [0.25, 0.3) is 0 Å². The molecule has 8 nitrogen and oxygen atoms in total. The van der Waals surface area contributed by atoms with Crippen molar-refractivity contribution in [2.75, 3.05) is 40.3 Å². The predicted molar refractivity (Wildman–Crippen MR) is 113 cm³/mol. The van der Waals surface area contributed by atoms with Crippen LogP contribution in [0, 0.1) is 5.92 Å². The van der Waals surface area contributed by atoms with Crippen molar-refractivity contribution < 1.29 is 19.1 Å². The molecule has 2 fully saturated rings. The van der Waals surface area contributed by atoms with E-state index in [0.29, 0.717) is 19.1 Å². The predicted octanol–water partition coefficient (Wildman–Crippen LogP) is 0.862. The number of piperidine rings is 1. The summed E-state index contributed by atoms with van der Waals surface area (Å²) in [4.78, 5) is 30.3. The molecule has 2 aliphatic rings. The summed E-state index contributed by atoms with van der Waals surface area (Å²) in [6.45, 7) is 4.50. The van der Waals surface area contributed by atoms with E-state index in [1.807, 2.05) is 49.3 Å². The van der Waals surface area contributed by atoms with Crippen LogP contribution in [0.15, 0.2) is 30.3 Å². The summed E-state index contributed by atoms with van der Waals surface area (Å²) < 4.78 is 11.4. The molecule has 0 aromatic heterocycles. The molecule has 0 bridgehead atoms. The van der Waals surface area contributed by atoms with Gasteiger partial charge in [-0.3, -0.25) is 14.6 Å². The lowest BCUT2D eigenvalue weighted by atomic mass is 9.91. The normalized spacial score (nSPS) is 30.3. The Labute approximate surface area is 178 Å². The Kier molecular flexibility index (Phi) is 7.46. The number of benzene rings is 1. The van der Waals surface area contributed by atoms with Gasteiger partial charge in [-0.25, -0.2) is 4.79 Å². The molecule has 1 amide bonds. The zero-order valence-electron chi connectivity index (χ0n) is 18.2. The topological polar surface area (TPSA) is 88.3 Å². The summed E-state index contributed by atoms with van der Waals surface area (Å²) in [5, 5.41) is 0. The average Bonchev–Trinajstić information content (AvgIpc) is 2.75. The van der Waals surface area contributed by atoms with E-state index in [1.54, 1.807) is 6.92 Å². The van der Waals surface area contributed by atoms with Crippen LogP contribution in [0.25, 0.3) is 0 Å². The molecule has 0 aliphatic carbocycles. The second-order valence-electron chi connectivity index (χ2n) is 8.63. The number of hydrogen-bond acceptors (Lipinski definition) is 7. The fraction of sp³-hybridized carbons (Fsp3) is 0.636. The van der Waals surface area contributed by atoms with E-state index in [1.165, 1.54) is 0 Å². The Morgan fingerprint density at radius 3 is 2.73 bits per heavy atom. The van der Waals surface area contributed by atoms with E-state index < -0.39 is 17.7 Å². The molecule has 30 heavy (non-hydrogen) atoms. The minimum absolute atomic E-state index is 0.0840. The van der Waals surface area contributed by atoms with Gasteiger partial charge in [0.05, 0.1) is 18.9 Å². The summed E-state index contributed by atoms with van der Waals surface area (Å²) in [7, 11) is 3.98. The molecule has 8 heteroatoms. The molecule has 166 valence electrons. The third-order valence-corrected chi connectivity index (χ3v) is 6.30. The molecule has 3 rings (SSSR count). The minimum atomic E-state index is -1.21. The highest BCUT2D eigenvalue weighted by atomic mass is 16.6. The lowest BCUT2D eigenvalue weighted by Gasteiger charge is -2.47. The van der Waals surface area contributed by atoms with Crippen LogP contribution in [0.3, 0.4) is 0 Å². The van der Waals surface area contributed by atoms with Crippen molar-refractivity contribution in [1.82, 2.24) is 14.7 Å². The average molecular weight is 419 g/mol. The van der Waals surface area contributed by atoms with E-state index in [-0.39, 0.29) is 12.8 Å². The van der Waals surface area contributed by atoms with Crippen LogP contribution in [0.1, 0.15) is 25.3 Å². The molecule has 2 saturated heterocycles. The van der Waals surface area contributed by atoms with Crippen LogP contribution in [0.5, 0.6) is 0 Å². The van der Waals surface area contributed by atoms with Crippen molar-refractivity contribution in [1.29, 1.82) is 0 Å². The molecule has 2 heterocycles. The fourth-order valence-electron chi connectivity index (χ4n) is 4.36. The van der Waals surface area contributed by atoms with Crippen LogP contribution in [-0.4, -0.2) is 85.3 Å². The van der Waals surface area contributed by atoms with Crippen LogP contribution < -0.4 is 5.73 Å². The standard InChI is InChI=1S/C22H34N4O4/c1-22(21(28)29-15-17-7-5-4-6-8-17)20(23)25(11-12-30-22)14-18-9-10-26(16-27)19(13-18)24(2)3/h4-8,16,18-20H,9-15,23H2,1-3H3. The highest BCUT2D eigenvalue weighted by Gasteiger charge is 2.48. The summed E-state index contributed by atoms with van der Waals surface area (Å²) in [6.07, 6.45) is 2.23. The second kappa shape index (κ2) is 9.87. The summed E-state index contributed by atoms with van der Waals surface area (Å²) >= 11 is 0. The van der Waals surface area contributed by atoms with E-state index in [9.17, 15) is 9.59 Å². The molecule has 4 atom stereocenters. The molecular weight excluding hydrogens is 384 g/mol. The third kappa shape index (κ3) is 5.00. The van der Waals surface area contributed by atoms with E-state index in [4.69, 9.17) is 15.2 Å². The van der Waals surface area contributed by atoms with Gasteiger partial charge < -0.3 is 20.1 Å². The lowest BCUT2D eigenvalue weighted by Crippen LogP contribution is -2.67. The summed E-state index contributed by atoms with van der Waals surface area (Å²) in [6, 6.07) is 9.57. The number of hydrogen-bond donors (Lipinski definition) is 1. The molecule has 1 aromatic carbocycles. The van der Waals surface area contributed by atoms with E-state index in [2.05, 4.69) is 9.80 Å². The Balaban J connectivity index is 1.60. The Hall–Kier alpha value is -2.00. The number of nitrogens with two attached hydrogens (primary N) is 1. The first-order valence-electron chi connectivity index (χ1n) is 10.6. The second-order valence-corrected chi connectivity index (χ2v) is 8.63. The molecule has 2 aliphatic heterocycles. The maximum atomic E-state index is 12.9. The van der Waals surface area contributed by atoms with E-state index in [0.717, 1.165) is 37.9 Å². The monoisotopic (exact) mass is 418 g/mol. The smallest absolute Gasteiger partial charge is 0.341 e. The number of carbonyl (C=O) groups excluding carboxylic acids is 2. The molecule has 1 aromatic rings. The number of ether oxygens (including phenoxy) is 2. The number of rotatable bonds is 7.